The van der Waals surface area contributed by atoms with Crippen molar-refractivity contribution < 1.29 is 27.5 Å². The van der Waals surface area contributed by atoms with Gasteiger partial charge in [0, 0.05) is 5.92 Å². The summed E-state index contributed by atoms with van der Waals surface area (Å²) in [5.41, 5.74) is 1.32. The number of cyclic esters (lactones) is 1. The summed E-state index contributed by atoms with van der Waals surface area (Å²) in [4.78, 5) is 26.2. The Balaban J connectivity index is 0.00000166. The number of rotatable bonds is 5. The molecular weight excluding hydrogens is 407 g/mol. The number of amides is 2. The van der Waals surface area contributed by atoms with Crippen LogP contribution in [0.2, 0.25) is 0 Å². The van der Waals surface area contributed by atoms with Crippen LogP contribution in [-0.4, -0.2) is 29.5 Å². The second kappa shape index (κ2) is 10.5. The minimum atomic E-state index is -4.45. The molecule has 2 amide bonds. The van der Waals surface area contributed by atoms with Gasteiger partial charge in [-0.3, -0.25) is 4.79 Å². The first-order valence-electron chi connectivity index (χ1n) is 10.4. The molecule has 2 atom stereocenters. The zero-order valence-corrected chi connectivity index (χ0v) is 18.2. The fourth-order valence-electron chi connectivity index (χ4n) is 3.49. The van der Waals surface area contributed by atoms with Crippen LogP contribution in [0.4, 0.5) is 18.0 Å². The van der Waals surface area contributed by atoms with E-state index in [0.717, 1.165) is 22.6 Å². The number of imide groups is 1. The molecule has 31 heavy (non-hydrogen) atoms. The van der Waals surface area contributed by atoms with E-state index in [0.29, 0.717) is 17.5 Å². The van der Waals surface area contributed by atoms with Gasteiger partial charge in [0.2, 0.25) is 5.91 Å². The lowest BCUT2D eigenvalue weighted by atomic mass is 9.94. The summed E-state index contributed by atoms with van der Waals surface area (Å²) in [6, 6.07) is 12.5. The summed E-state index contributed by atoms with van der Waals surface area (Å²) in [6.07, 6.45) is -4.58. The van der Waals surface area contributed by atoms with Crippen LogP contribution >= 0.6 is 0 Å². The number of nitrogens with zero attached hydrogens (tertiary/aromatic N) is 1. The normalized spacial score (nSPS) is 16.9. The molecule has 4 nitrogen and oxygen atoms in total. The fourth-order valence-corrected chi connectivity index (χ4v) is 3.49. The smallest absolute Gasteiger partial charge is 0.416 e. The van der Waals surface area contributed by atoms with Gasteiger partial charge in [-0.25, -0.2) is 9.69 Å². The van der Waals surface area contributed by atoms with Crippen LogP contribution in [-0.2, 0) is 28.5 Å². The quantitative estimate of drug-likeness (QED) is 0.596. The molecule has 2 aromatic rings. The molecule has 0 N–H and O–H groups in total. The number of halogens is 3. The minimum Gasteiger partial charge on any atom is -0.447 e. The molecule has 0 aliphatic carbocycles. The third-order valence-corrected chi connectivity index (χ3v) is 5.14. The number of ether oxygens (including phenoxy) is 1. The van der Waals surface area contributed by atoms with Crippen molar-refractivity contribution in [3.05, 3.63) is 70.8 Å². The zero-order valence-electron chi connectivity index (χ0n) is 18.2. The van der Waals surface area contributed by atoms with E-state index in [1.807, 2.05) is 44.2 Å². The Morgan fingerprint density at radius 1 is 1.16 bits per heavy atom. The third kappa shape index (κ3) is 6.09. The van der Waals surface area contributed by atoms with Crippen LogP contribution in [0.15, 0.2) is 48.5 Å². The maximum atomic E-state index is 13.0. The van der Waals surface area contributed by atoms with Crippen molar-refractivity contribution in [3.8, 4) is 0 Å². The van der Waals surface area contributed by atoms with Gasteiger partial charge in [0.15, 0.2) is 0 Å². The van der Waals surface area contributed by atoms with Gasteiger partial charge in [-0.15, -0.1) is 0 Å². The Kier molecular flexibility index (Phi) is 8.25. The van der Waals surface area contributed by atoms with Gasteiger partial charge in [0.1, 0.15) is 6.61 Å². The van der Waals surface area contributed by atoms with Gasteiger partial charge >= 0.3 is 12.3 Å². The predicted octanol–water partition coefficient (Wildman–Crippen LogP) is 5.81. The van der Waals surface area contributed by atoms with E-state index < -0.39 is 35.7 Å². The number of carbonyl (C=O) groups is 2. The molecule has 2 aromatic carbocycles. The second-order valence-corrected chi connectivity index (χ2v) is 7.37. The van der Waals surface area contributed by atoms with Crippen molar-refractivity contribution in [2.24, 2.45) is 5.92 Å². The molecule has 1 aliphatic heterocycles. The predicted molar refractivity (Wildman–Crippen MR) is 113 cm³/mol. The molecule has 1 fully saturated rings. The van der Waals surface area contributed by atoms with Gasteiger partial charge in [0.05, 0.1) is 11.6 Å². The van der Waals surface area contributed by atoms with E-state index in [9.17, 15) is 22.8 Å². The number of alkyl halides is 3. The average molecular weight is 435 g/mol. The second-order valence-electron chi connectivity index (χ2n) is 7.37. The molecule has 2 unspecified atom stereocenters. The van der Waals surface area contributed by atoms with Crippen LogP contribution in [0.25, 0.3) is 0 Å². The Bertz CT molecular complexity index is 897. The molecule has 0 radical (unpaired) electrons. The molecule has 1 heterocycles. The van der Waals surface area contributed by atoms with Crippen LogP contribution in [0, 0.1) is 12.8 Å². The van der Waals surface area contributed by atoms with Crippen molar-refractivity contribution in [2.45, 2.75) is 52.8 Å². The number of hydrogen-bond acceptors (Lipinski definition) is 3. The van der Waals surface area contributed by atoms with Crippen LogP contribution in [0.3, 0.4) is 0 Å². The van der Waals surface area contributed by atoms with Gasteiger partial charge in [0.25, 0.3) is 0 Å². The molecule has 1 aliphatic rings. The highest BCUT2D eigenvalue weighted by molar-refractivity contribution is 5.94. The van der Waals surface area contributed by atoms with Gasteiger partial charge < -0.3 is 4.74 Å². The monoisotopic (exact) mass is 435 g/mol. The number of hydrogen-bond donors (Lipinski definition) is 0. The van der Waals surface area contributed by atoms with Crippen molar-refractivity contribution in [3.63, 3.8) is 0 Å². The summed E-state index contributed by atoms with van der Waals surface area (Å²) in [7, 11) is 0. The summed E-state index contributed by atoms with van der Waals surface area (Å²) in [5.74, 6) is -1.11. The summed E-state index contributed by atoms with van der Waals surface area (Å²) < 4.78 is 44.1. The maximum Gasteiger partial charge on any atom is 0.416 e. The SMILES string of the molecule is CC.Cc1ccc(C(F)(F)F)cc1CC(C)C(=O)N1C(=O)OCC1Cc1ccccc1. The first-order valence-corrected chi connectivity index (χ1v) is 10.4. The lowest BCUT2D eigenvalue weighted by molar-refractivity contribution is -0.137. The molecule has 7 heteroatoms. The van der Waals surface area contributed by atoms with E-state index in [2.05, 4.69) is 0 Å². The summed E-state index contributed by atoms with van der Waals surface area (Å²) in [6.45, 7) is 7.43. The summed E-state index contributed by atoms with van der Waals surface area (Å²) >= 11 is 0. The molecular formula is C24H28F3NO3. The molecule has 0 aromatic heterocycles. The molecule has 1 saturated heterocycles. The first kappa shape index (κ1) is 24.4. The van der Waals surface area contributed by atoms with Gasteiger partial charge in [-0.2, -0.15) is 13.2 Å². The molecule has 0 bridgehead atoms. The Morgan fingerprint density at radius 2 is 1.81 bits per heavy atom. The van der Waals surface area contributed by atoms with Crippen LogP contribution in [0.1, 0.15) is 43.0 Å². The lowest BCUT2D eigenvalue weighted by Crippen LogP contribution is -2.43. The molecule has 3 rings (SSSR count). The Morgan fingerprint density at radius 3 is 2.42 bits per heavy atom. The molecule has 0 saturated carbocycles. The standard InChI is InChI=1S/C22H22F3NO3.C2H6/c1-14-8-9-18(22(23,24)25)12-17(14)10-15(2)20(27)26-19(13-29-21(26)28)11-16-6-4-3-5-7-16;1-2/h3-9,12,15,19H,10-11,13H2,1-2H3;1-2H3. The first-order chi connectivity index (χ1) is 14.7. The minimum absolute atomic E-state index is 0.106. The largest absolute Gasteiger partial charge is 0.447 e. The molecule has 168 valence electrons. The Hall–Kier alpha value is -2.83. The molecule has 0 spiro atoms. The van der Waals surface area contributed by atoms with Crippen molar-refractivity contribution in [2.75, 3.05) is 6.61 Å². The van der Waals surface area contributed by atoms with Crippen molar-refractivity contribution >= 4 is 12.0 Å². The van der Waals surface area contributed by atoms with Crippen molar-refractivity contribution in [1.29, 1.82) is 0 Å². The highest BCUT2D eigenvalue weighted by Crippen LogP contribution is 2.31. The van der Waals surface area contributed by atoms with E-state index in [1.54, 1.807) is 13.8 Å². The average Bonchev–Trinajstić information content (AvgIpc) is 3.10. The maximum absolute atomic E-state index is 13.0. The number of aryl methyl sites for hydroxylation is 1. The van der Waals surface area contributed by atoms with Gasteiger partial charge in [-0.1, -0.05) is 57.2 Å². The fraction of sp³-hybridized carbons (Fsp3) is 0.417. The van der Waals surface area contributed by atoms with Crippen LogP contribution in [0.5, 0.6) is 0 Å². The summed E-state index contributed by atoms with van der Waals surface area (Å²) in [5, 5.41) is 0. The lowest BCUT2D eigenvalue weighted by Gasteiger charge is -2.23. The van der Waals surface area contributed by atoms with E-state index in [1.165, 1.54) is 6.07 Å². The van der Waals surface area contributed by atoms with E-state index >= 15 is 0 Å². The number of benzene rings is 2. The van der Waals surface area contributed by atoms with Crippen molar-refractivity contribution in [1.82, 2.24) is 4.90 Å². The zero-order chi connectivity index (χ0) is 23.2. The van der Waals surface area contributed by atoms with Crippen LogP contribution < -0.4 is 0 Å². The highest BCUT2D eigenvalue weighted by atomic mass is 19.4. The Labute approximate surface area is 181 Å². The van der Waals surface area contributed by atoms with E-state index in [-0.39, 0.29) is 13.0 Å². The van der Waals surface area contributed by atoms with E-state index in [4.69, 9.17) is 4.74 Å². The van der Waals surface area contributed by atoms with Gasteiger partial charge in [-0.05, 0) is 48.6 Å². The topological polar surface area (TPSA) is 46.6 Å². The number of carbonyl (C=O) groups excluding carboxylic acids is 2. The highest BCUT2D eigenvalue weighted by Gasteiger charge is 2.40. The third-order valence-electron chi connectivity index (χ3n) is 5.14.